The van der Waals surface area contributed by atoms with Gasteiger partial charge < -0.3 is 10.1 Å². The first-order valence-electron chi connectivity index (χ1n) is 5.30. The van der Waals surface area contributed by atoms with Crippen molar-refractivity contribution in [2.24, 2.45) is 0 Å². The Balaban J connectivity index is 1.44. The van der Waals surface area contributed by atoms with Crippen LogP contribution in [-0.2, 0) is 4.74 Å². The van der Waals surface area contributed by atoms with E-state index in [0.29, 0.717) is 6.10 Å². The van der Waals surface area contributed by atoms with Crippen LogP contribution >= 0.6 is 0 Å². The summed E-state index contributed by atoms with van der Waals surface area (Å²) in [6.45, 7) is 1.97. The summed E-state index contributed by atoms with van der Waals surface area (Å²) in [4.78, 5) is 0. The van der Waals surface area contributed by atoms with Crippen molar-refractivity contribution in [1.82, 2.24) is 5.32 Å². The minimum absolute atomic E-state index is 0.589. The van der Waals surface area contributed by atoms with Crippen LogP contribution in [0, 0.1) is 0 Å². The summed E-state index contributed by atoms with van der Waals surface area (Å²) in [5.41, 5.74) is 0. The lowest BCUT2D eigenvalue weighted by atomic mass is 10.3. The monoisotopic (exact) mass is 169 g/mol. The maximum absolute atomic E-state index is 5.72. The van der Waals surface area contributed by atoms with Gasteiger partial charge in [0.1, 0.15) is 0 Å². The second-order valence-corrected chi connectivity index (χ2v) is 4.01. The third-order valence-corrected chi connectivity index (χ3v) is 2.77. The van der Waals surface area contributed by atoms with Crippen molar-refractivity contribution >= 4 is 0 Å². The fraction of sp³-hybridized carbons (Fsp3) is 1.00. The van der Waals surface area contributed by atoms with Crippen LogP contribution in [0.4, 0.5) is 0 Å². The van der Waals surface area contributed by atoms with Crippen molar-refractivity contribution in [3.8, 4) is 0 Å². The van der Waals surface area contributed by atoms with E-state index in [-0.39, 0.29) is 0 Å². The van der Waals surface area contributed by atoms with Crippen LogP contribution in [0.1, 0.15) is 38.5 Å². The van der Waals surface area contributed by atoms with E-state index in [4.69, 9.17) is 4.74 Å². The Bertz CT molecular complexity index is 128. The second kappa shape index (κ2) is 4.24. The maximum atomic E-state index is 5.72. The van der Waals surface area contributed by atoms with Gasteiger partial charge in [-0.25, -0.2) is 0 Å². The molecule has 0 aliphatic heterocycles. The van der Waals surface area contributed by atoms with Gasteiger partial charge in [0.2, 0.25) is 0 Å². The molecule has 0 bridgehead atoms. The molecule has 2 aliphatic carbocycles. The summed E-state index contributed by atoms with van der Waals surface area (Å²) in [6.07, 6.45) is 8.69. The van der Waals surface area contributed by atoms with Crippen molar-refractivity contribution in [3.63, 3.8) is 0 Å². The molecule has 2 aliphatic rings. The molecule has 0 spiro atoms. The van der Waals surface area contributed by atoms with E-state index in [1.165, 1.54) is 38.5 Å². The topological polar surface area (TPSA) is 21.3 Å². The van der Waals surface area contributed by atoms with Gasteiger partial charge in [0.25, 0.3) is 0 Å². The van der Waals surface area contributed by atoms with Crippen LogP contribution in [0.25, 0.3) is 0 Å². The Morgan fingerprint density at radius 1 is 1.08 bits per heavy atom. The van der Waals surface area contributed by atoms with Crippen molar-refractivity contribution < 1.29 is 4.74 Å². The van der Waals surface area contributed by atoms with Crippen molar-refractivity contribution in [2.75, 3.05) is 13.2 Å². The smallest absolute Gasteiger partial charge is 0.0594 e. The summed E-state index contributed by atoms with van der Waals surface area (Å²) >= 11 is 0. The van der Waals surface area contributed by atoms with Crippen molar-refractivity contribution in [2.45, 2.75) is 50.7 Å². The fourth-order valence-corrected chi connectivity index (χ4v) is 1.83. The highest BCUT2D eigenvalue weighted by Crippen LogP contribution is 2.21. The Kier molecular flexibility index (Phi) is 3.01. The molecule has 0 atom stereocenters. The summed E-state index contributed by atoms with van der Waals surface area (Å²) in [5, 5.41) is 3.46. The minimum atomic E-state index is 0.589. The molecule has 2 saturated carbocycles. The van der Waals surface area contributed by atoms with E-state index >= 15 is 0 Å². The van der Waals surface area contributed by atoms with E-state index in [1.807, 2.05) is 0 Å². The van der Waals surface area contributed by atoms with Crippen LogP contribution < -0.4 is 5.32 Å². The van der Waals surface area contributed by atoms with Crippen LogP contribution in [0.5, 0.6) is 0 Å². The first kappa shape index (κ1) is 8.52. The van der Waals surface area contributed by atoms with Crippen LogP contribution in [-0.4, -0.2) is 25.3 Å². The zero-order valence-corrected chi connectivity index (χ0v) is 7.72. The maximum Gasteiger partial charge on any atom is 0.0594 e. The molecule has 2 rings (SSSR count). The molecule has 12 heavy (non-hydrogen) atoms. The van der Waals surface area contributed by atoms with Crippen LogP contribution in [0.2, 0.25) is 0 Å². The lowest BCUT2D eigenvalue weighted by Crippen LogP contribution is -2.23. The lowest BCUT2D eigenvalue weighted by Gasteiger charge is -2.10. The molecule has 70 valence electrons. The predicted molar refractivity (Wildman–Crippen MR) is 49.2 cm³/mol. The molecule has 2 heteroatoms. The van der Waals surface area contributed by atoms with Gasteiger partial charge in [0.05, 0.1) is 12.7 Å². The molecule has 0 aromatic rings. The largest absolute Gasteiger partial charge is 0.377 e. The Morgan fingerprint density at radius 2 is 1.83 bits per heavy atom. The molecule has 0 aromatic carbocycles. The zero-order chi connectivity index (χ0) is 8.23. The molecule has 0 heterocycles. The van der Waals surface area contributed by atoms with Crippen LogP contribution in [0.15, 0.2) is 0 Å². The van der Waals surface area contributed by atoms with E-state index in [1.54, 1.807) is 0 Å². The van der Waals surface area contributed by atoms with Gasteiger partial charge in [0, 0.05) is 12.6 Å². The zero-order valence-electron chi connectivity index (χ0n) is 7.72. The molecule has 1 N–H and O–H groups in total. The lowest BCUT2D eigenvalue weighted by molar-refractivity contribution is 0.0602. The average molecular weight is 169 g/mol. The predicted octanol–water partition coefficient (Wildman–Crippen LogP) is 1.70. The number of hydrogen-bond donors (Lipinski definition) is 1. The summed E-state index contributed by atoms with van der Waals surface area (Å²) in [6, 6.07) is 0.831. The Morgan fingerprint density at radius 3 is 2.50 bits per heavy atom. The standard InChI is InChI=1S/C10H19NO/c1-2-4-10(3-1)12-8-7-11-9-5-6-9/h9-11H,1-8H2. The summed E-state index contributed by atoms with van der Waals surface area (Å²) < 4.78 is 5.72. The SMILES string of the molecule is C1CCC(OCCNC2CC2)C1. The number of ether oxygens (including phenoxy) is 1. The minimum Gasteiger partial charge on any atom is -0.377 e. The number of rotatable bonds is 5. The number of hydrogen-bond acceptors (Lipinski definition) is 2. The van der Waals surface area contributed by atoms with Crippen LogP contribution in [0.3, 0.4) is 0 Å². The van der Waals surface area contributed by atoms with Gasteiger partial charge >= 0.3 is 0 Å². The normalized spacial score (nSPS) is 25.0. The molecule has 2 nitrogen and oxygen atoms in total. The number of nitrogens with one attached hydrogen (secondary N) is 1. The van der Waals surface area contributed by atoms with E-state index < -0.39 is 0 Å². The second-order valence-electron chi connectivity index (χ2n) is 4.01. The average Bonchev–Trinajstić information content (AvgIpc) is 2.76. The quantitative estimate of drug-likeness (QED) is 0.632. The van der Waals surface area contributed by atoms with Crippen molar-refractivity contribution in [3.05, 3.63) is 0 Å². The highest BCUT2D eigenvalue weighted by atomic mass is 16.5. The first-order valence-corrected chi connectivity index (χ1v) is 5.30. The summed E-state index contributed by atoms with van der Waals surface area (Å²) in [7, 11) is 0. The molecule has 0 radical (unpaired) electrons. The molecule has 0 saturated heterocycles. The molecule has 0 aromatic heterocycles. The third kappa shape index (κ3) is 2.76. The summed E-state index contributed by atoms with van der Waals surface area (Å²) in [5.74, 6) is 0. The molecule has 2 fully saturated rings. The van der Waals surface area contributed by atoms with Gasteiger partial charge in [-0.1, -0.05) is 12.8 Å². The Labute approximate surface area is 74.7 Å². The highest BCUT2D eigenvalue weighted by Gasteiger charge is 2.20. The molecule has 0 unspecified atom stereocenters. The Hall–Kier alpha value is -0.0800. The van der Waals surface area contributed by atoms with E-state index in [9.17, 15) is 0 Å². The van der Waals surface area contributed by atoms with Crippen molar-refractivity contribution in [1.29, 1.82) is 0 Å². The fourth-order valence-electron chi connectivity index (χ4n) is 1.83. The highest BCUT2D eigenvalue weighted by molar-refractivity contribution is 4.80. The van der Waals surface area contributed by atoms with E-state index in [0.717, 1.165) is 19.2 Å². The molecular formula is C10H19NO. The van der Waals surface area contributed by atoms with E-state index in [2.05, 4.69) is 5.32 Å². The molecular weight excluding hydrogens is 150 g/mol. The first-order chi connectivity index (χ1) is 5.95. The van der Waals surface area contributed by atoms with Gasteiger partial charge in [-0.05, 0) is 25.7 Å². The van der Waals surface area contributed by atoms with Gasteiger partial charge in [-0.15, -0.1) is 0 Å². The van der Waals surface area contributed by atoms with Gasteiger partial charge in [-0.3, -0.25) is 0 Å². The third-order valence-electron chi connectivity index (χ3n) is 2.77. The van der Waals surface area contributed by atoms with Gasteiger partial charge in [0.15, 0.2) is 0 Å². The van der Waals surface area contributed by atoms with Gasteiger partial charge in [-0.2, -0.15) is 0 Å². The molecule has 0 amide bonds.